The second-order valence-corrected chi connectivity index (χ2v) is 3.59. The molecule has 5 heteroatoms. The molecular weight excluding hydrogens is 226 g/mol. The number of nitrogens with zero attached hydrogens (tertiary/aromatic N) is 1. The summed E-state index contributed by atoms with van der Waals surface area (Å²) >= 11 is 5.60. The van der Waals surface area contributed by atoms with Crippen molar-refractivity contribution in [3.8, 4) is 5.75 Å². The highest BCUT2D eigenvalue weighted by Crippen LogP contribution is 2.30. The number of alkyl halides is 1. The number of amidine groups is 1. The Labute approximate surface area is 98.1 Å². The van der Waals surface area contributed by atoms with E-state index in [1.807, 2.05) is 24.4 Å². The molecule has 0 amide bonds. The van der Waals surface area contributed by atoms with E-state index in [2.05, 4.69) is 9.98 Å². The van der Waals surface area contributed by atoms with Gasteiger partial charge in [0.25, 0.3) is 0 Å². The first-order valence-electron chi connectivity index (χ1n) is 4.78. The zero-order valence-corrected chi connectivity index (χ0v) is 9.58. The van der Waals surface area contributed by atoms with Crippen molar-refractivity contribution in [1.29, 1.82) is 0 Å². The number of nitrogens with one attached hydrogen (secondary N) is 1. The van der Waals surface area contributed by atoms with Crippen LogP contribution in [0.3, 0.4) is 0 Å². The molecule has 0 aliphatic rings. The van der Waals surface area contributed by atoms with Crippen LogP contribution in [0.25, 0.3) is 10.9 Å². The average Bonchev–Trinajstić information content (AvgIpc) is 2.76. The molecule has 1 aromatic heterocycles. The Kier molecular flexibility index (Phi) is 3.01. The van der Waals surface area contributed by atoms with E-state index >= 15 is 0 Å². The highest BCUT2D eigenvalue weighted by atomic mass is 35.5. The van der Waals surface area contributed by atoms with Crippen LogP contribution in [0, 0.1) is 0 Å². The molecule has 0 saturated heterocycles. The molecule has 4 nitrogen and oxygen atoms in total. The van der Waals surface area contributed by atoms with Crippen LogP contribution in [-0.2, 0) is 0 Å². The lowest BCUT2D eigenvalue weighted by Gasteiger charge is -2.03. The Bertz CT molecular complexity index is 533. The van der Waals surface area contributed by atoms with Gasteiger partial charge >= 0.3 is 0 Å². The van der Waals surface area contributed by atoms with E-state index in [9.17, 15) is 0 Å². The Balaban J connectivity index is 2.61. The van der Waals surface area contributed by atoms with E-state index in [-0.39, 0.29) is 5.88 Å². The molecule has 2 aromatic rings. The summed E-state index contributed by atoms with van der Waals surface area (Å²) in [6.45, 7) is 0. The standard InChI is InChI=1S/C11H12ClN3O/c1-16-8-4-7-2-3-14-11(7)9(5-8)15-10(13)6-12/h2-5,14H,6H2,1H3,(H2,13,15). The van der Waals surface area contributed by atoms with Crippen molar-refractivity contribution < 1.29 is 4.74 Å². The monoisotopic (exact) mass is 237 g/mol. The number of aromatic nitrogens is 1. The summed E-state index contributed by atoms with van der Waals surface area (Å²) in [5.41, 5.74) is 7.28. The second-order valence-electron chi connectivity index (χ2n) is 3.33. The van der Waals surface area contributed by atoms with Gasteiger partial charge in [0.15, 0.2) is 0 Å². The Hall–Kier alpha value is -1.68. The van der Waals surface area contributed by atoms with Crippen LogP contribution in [-0.4, -0.2) is 23.8 Å². The molecule has 16 heavy (non-hydrogen) atoms. The normalized spacial score (nSPS) is 12.0. The predicted molar refractivity (Wildman–Crippen MR) is 66.9 cm³/mol. The molecule has 1 heterocycles. The van der Waals surface area contributed by atoms with Gasteiger partial charge in [-0.05, 0) is 12.1 Å². The van der Waals surface area contributed by atoms with Crippen molar-refractivity contribution in [2.45, 2.75) is 0 Å². The molecule has 0 spiro atoms. The first-order chi connectivity index (χ1) is 7.74. The molecule has 0 bridgehead atoms. The fraction of sp³-hybridized carbons (Fsp3) is 0.182. The molecule has 0 atom stereocenters. The number of ether oxygens (including phenoxy) is 1. The number of rotatable bonds is 3. The third kappa shape index (κ3) is 1.97. The van der Waals surface area contributed by atoms with Gasteiger partial charge in [-0.15, -0.1) is 11.6 Å². The summed E-state index contributed by atoms with van der Waals surface area (Å²) in [6, 6.07) is 5.70. The van der Waals surface area contributed by atoms with Crippen molar-refractivity contribution in [3.63, 3.8) is 0 Å². The fourth-order valence-electron chi connectivity index (χ4n) is 1.52. The quantitative estimate of drug-likeness (QED) is 0.489. The maximum atomic E-state index is 5.62. The van der Waals surface area contributed by atoms with Gasteiger partial charge in [0.2, 0.25) is 0 Å². The van der Waals surface area contributed by atoms with Gasteiger partial charge in [0.1, 0.15) is 11.6 Å². The van der Waals surface area contributed by atoms with Crippen molar-refractivity contribution in [1.82, 2.24) is 4.98 Å². The van der Waals surface area contributed by atoms with Crippen LogP contribution in [0.4, 0.5) is 5.69 Å². The van der Waals surface area contributed by atoms with Crippen molar-refractivity contribution in [2.75, 3.05) is 13.0 Å². The number of halogens is 1. The number of benzene rings is 1. The molecule has 0 unspecified atom stereocenters. The molecular formula is C11H12ClN3O. The maximum absolute atomic E-state index is 5.62. The van der Waals surface area contributed by atoms with Crippen molar-refractivity contribution in [2.24, 2.45) is 10.7 Å². The third-order valence-electron chi connectivity index (χ3n) is 2.25. The average molecular weight is 238 g/mol. The van der Waals surface area contributed by atoms with Gasteiger partial charge in [-0.25, -0.2) is 4.99 Å². The summed E-state index contributed by atoms with van der Waals surface area (Å²) < 4.78 is 5.19. The molecule has 2 rings (SSSR count). The zero-order chi connectivity index (χ0) is 11.5. The number of hydrogen-bond acceptors (Lipinski definition) is 2. The molecule has 0 fully saturated rings. The third-order valence-corrected chi connectivity index (χ3v) is 2.52. The first-order valence-corrected chi connectivity index (χ1v) is 5.32. The largest absolute Gasteiger partial charge is 0.497 e. The van der Waals surface area contributed by atoms with E-state index in [4.69, 9.17) is 22.1 Å². The molecule has 84 valence electrons. The first kappa shape index (κ1) is 10.8. The van der Waals surface area contributed by atoms with Crippen molar-refractivity contribution in [3.05, 3.63) is 24.4 Å². The number of aliphatic imine (C=N–C) groups is 1. The number of aromatic amines is 1. The molecule has 0 saturated carbocycles. The SMILES string of the molecule is COc1cc(N=C(N)CCl)c2[nH]ccc2c1. The summed E-state index contributed by atoms with van der Waals surface area (Å²) in [5.74, 6) is 1.33. The minimum absolute atomic E-state index is 0.208. The van der Waals surface area contributed by atoms with E-state index < -0.39 is 0 Å². The summed E-state index contributed by atoms with van der Waals surface area (Å²) in [6.07, 6.45) is 1.85. The highest BCUT2D eigenvalue weighted by molar-refractivity contribution is 6.28. The predicted octanol–water partition coefficient (Wildman–Crippen LogP) is 2.40. The van der Waals surface area contributed by atoms with Crippen LogP contribution >= 0.6 is 11.6 Å². The summed E-state index contributed by atoms with van der Waals surface area (Å²) in [7, 11) is 1.62. The number of H-pyrrole nitrogens is 1. The highest BCUT2D eigenvalue weighted by Gasteiger charge is 2.05. The molecule has 3 N–H and O–H groups in total. The number of nitrogens with two attached hydrogens (primary N) is 1. The minimum Gasteiger partial charge on any atom is -0.497 e. The van der Waals surface area contributed by atoms with Crippen LogP contribution < -0.4 is 10.5 Å². The van der Waals surface area contributed by atoms with Crippen LogP contribution in [0.2, 0.25) is 0 Å². The molecule has 0 aliphatic carbocycles. The topological polar surface area (TPSA) is 63.4 Å². The van der Waals surface area contributed by atoms with Gasteiger partial charge in [-0.1, -0.05) is 0 Å². The lowest BCUT2D eigenvalue weighted by molar-refractivity contribution is 0.415. The van der Waals surface area contributed by atoms with E-state index in [1.54, 1.807) is 7.11 Å². The summed E-state index contributed by atoms with van der Waals surface area (Å²) in [4.78, 5) is 7.35. The minimum atomic E-state index is 0.208. The van der Waals surface area contributed by atoms with Gasteiger partial charge in [0.05, 0.1) is 24.2 Å². The van der Waals surface area contributed by atoms with Crippen LogP contribution in [0.15, 0.2) is 29.4 Å². The number of methoxy groups -OCH3 is 1. The van der Waals surface area contributed by atoms with E-state index in [0.29, 0.717) is 5.84 Å². The Morgan fingerprint density at radius 1 is 1.56 bits per heavy atom. The lowest BCUT2D eigenvalue weighted by atomic mass is 10.2. The number of hydrogen-bond donors (Lipinski definition) is 2. The van der Waals surface area contributed by atoms with Crippen LogP contribution in [0.5, 0.6) is 5.75 Å². The lowest BCUT2D eigenvalue weighted by Crippen LogP contribution is -2.12. The smallest absolute Gasteiger partial charge is 0.121 e. The van der Waals surface area contributed by atoms with E-state index in [0.717, 1.165) is 22.3 Å². The Morgan fingerprint density at radius 3 is 3.06 bits per heavy atom. The fourth-order valence-corrected chi connectivity index (χ4v) is 1.58. The van der Waals surface area contributed by atoms with Crippen LogP contribution in [0.1, 0.15) is 0 Å². The Morgan fingerprint density at radius 2 is 2.38 bits per heavy atom. The molecule has 0 aliphatic heterocycles. The van der Waals surface area contributed by atoms with E-state index in [1.165, 1.54) is 0 Å². The summed E-state index contributed by atoms with van der Waals surface area (Å²) in [5, 5.41) is 1.03. The zero-order valence-electron chi connectivity index (χ0n) is 8.83. The van der Waals surface area contributed by atoms with Crippen molar-refractivity contribution >= 4 is 34.0 Å². The number of fused-ring (bicyclic) bond motifs is 1. The van der Waals surface area contributed by atoms with Gasteiger partial charge in [-0.3, -0.25) is 0 Å². The molecule has 0 radical (unpaired) electrons. The van der Waals surface area contributed by atoms with Gasteiger partial charge < -0.3 is 15.5 Å². The maximum Gasteiger partial charge on any atom is 0.121 e. The molecule has 1 aromatic carbocycles. The second kappa shape index (κ2) is 4.45. The van der Waals surface area contributed by atoms with Gasteiger partial charge in [0, 0.05) is 17.6 Å². The van der Waals surface area contributed by atoms with Gasteiger partial charge in [-0.2, -0.15) is 0 Å².